The molecule has 0 unspecified atom stereocenters. The standard InChI is InChI=1S/C16H14FN5O2/c17-12-6-2-1-5-11(12)10-22-15(16(23)24-21-18)9-14(20-22)13-7-3-4-8-19-13/h1-9,21H,10,18H2. The first-order valence-electron chi connectivity index (χ1n) is 7.08. The van der Waals surface area contributed by atoms with Gasteiger partial charge in [-0.1, -0.05) is 29.9 Å². The van der Waals surface area contributed by atoms with Crippen molar-refractivity contribution < 1.29 is 14.0 Å². The summed E-state index contributed by atoms with van der Waals surface area (Å²) in [5.74, 6) is 3.90. The quantitative estimate of drug-likeness (QED) is 0.547. The maximum absolute atomic E-state index is 13.9. The highest BCUT2D eigenvalue weighted by molar-refractivity contribution is 5.88. The smallest absolute Gasteiger partial charge is 0.350 e. The van der Waals surface area contributed by atoms with Crippen LogP contribution in [0.25, 0.3) is 11.4 Å². The van der Waals surface area contributed by atoms with Crippen LogP contribution in [0.3, 0.4) is 0 Å². The number of nitrogens with zero attached hydrogens (tertiary/aromatic N) is 3. The number of hydrogen-bond donors (Lipinski definition) is 2. The zero-order chi connectivity index (χ0) is 16.9. The number of nitrogens with two attached hydrogens (primary N) is 1. The number of halogens is 1. The van der Waals surface area contributed by atoms with Gasteiger partial charge in [-0.3, -0.25) is 9.67 Å². The third-order valence-corrected chi connectivity index (χ3v) is 3.35. The molecule has 7 nitrogen and oxygen atoms in total. The van der Waals surface area contributed by atoms with E-state index in [0.717, 1.165) is 0 Å². The molecule has 0 amide bonds. The lowest BCUT2D eigenvalue weighted by atomic mass is 10.2. The van der Waals surface area contributed by atoms with Gasteiger partial charge in [-0.15, -0.1) is 0 Å². The van der Waals surface area contributed by atoms with Crippen molar-refractivity contribution >= 4 is 5.97 Å². The minimum absolute atomic E-state index is 0.0640. The van der Waals surface area contributed by atoms with Crippen LogP contribution >= 0.6 is 0 Å². The molecule has 0 radical (unpaired) electrons. The van der Waals surface area contributed by atoms with Crippen LogP contribution in [0.15, 0.2) is 54.7 Å². The third-order valence-electron chi connectivity index (χ3n) is 3.35. The van der Waals surface area contributed by atoms with Crippen molar-refractivity contribution in [3.05, 3.63) is 71.8 Å². The van der Waals surface area contributed by atoms with E-state index in [0.29, 0.717) is 17.0 Å². The molecular weight excluding hydrogens is 313 g/mol. The molecular formula is C16H14FN5O2. The van der Waals surface area contributed by atoms with Crippen LogP contribution < -0.4 is 11.4 Å². The van der Waals surface area contributed by atoms with E-state index in [4.69, 9.17) is 5.84 Å². The predicted octanol–water partition coefficient (Wildman–Crippen LogP) is 1.67. The minimum Gasteiger partial charge on any atom is -0.350 e. The zero-order valence-electron chi connectivity index (χ0n) is 12.5. The average molecular weight is 327 g/mol. The molecule has 24 heavy (non-hydrogen) atoms. The first-order chi connectivity index (χ1) is 11.7. The molecule has 0 spiro atoms. The van der Waals surface area contributed by atoms with Crippen LogP contribution in [0.1, 0.15) is 16.1 Å². The number of hydrazine groups is 1. The van der Waals surface area contributed by atoms with Gasteiger partial charge >= 0.3 is 5.97 Å². The molecule has 8 heteroatoms. The molecule has 2 heterocycles. The molecule has 122 valence electrons. The number of aromatic nitrogens is 3. The van der Waals surface area contributed by atoms with Gasteiger partial charge < -0.3 is 4.84 Å². The molecule has 0 saturated carbocycles. The van der Waals surface area contributed by atoms with Crippen LogP contribution in [-0.4, -0.2) is 20.7 Å². The minimum atomic E-state index is -0.733. The second kappa shape index (κ2) is 6.99. The van der Waals surface area contributed by atoms with E-state index < -0.39 is 5.97 Å². The summed E-state index contributed by atoms with van der Waals surface area (Å²) < 4.78 is 15.2. The first kappa shape index (κ1) is 15.8. The van der Waals surface area contributed by atoms with Crippen molar-refractivity contribution in [2.75, 3.05) is 0 Å². The Kier molecular flexibility index (Phi) is 4.59. The number of nitrogens with one attached hydrogen (secondary N) is 1. The number of rotatable bonds is 5. The van der Waals surface area contributed by atoms with E-state index in [1.54, 1.807) is 42.6 Å². The molecule has 0 aliphatic heterocycles. The van der Waals surface area contributed by atoms with Crippen molar-refractivity contribution in [1.29, 1.82) is 0 Å². The molecule has 0 saturated heterocycles. The maximum Gasteiger partial charge on any atom is 0.376 e. The monoisotopic (exact) mass is 327 g/mol. The highest BCUT2D eigenvalue weighted by Gasteiger charge is 2.19. The number of pyridine rings is 1. The highest BCUT2D eigenvalue weighted by Crippen LogP contribution is 2.19. The third kappa shape index (κ3) is 3.29. The summed E-state index contributed by atoms with van der Waals surface area (Å²) in [5, 5.41) is 4.34. The summed E-state index contributed by atoms with van der Waals surface area (Å²) in [6, 6.07) is 13.1. The summed E-state index contributed by atoms with van der Waals surface area (Å²) >= 11 is 0. The van der Waals surface area contributed by atoms with Crippen molar-refractivity contribution in [2.24, 2.45) is 5.84 Å². The van der Waals surface area contributed by atoms with Crippen LogP contribution in [0, 0.1) is 5.82 Å². The van der Waals surface area contributed by atoms with E-state index in [2.05, 4.69) is 14.9 Å². The Morgan fingerprint density at radius 2 is 2.00 bits per heavy atom. The predicted molar refractivity (Wildman–Crippen MR) is 83.7 cm³/mol. The van der Waals surface area contributed by atoms with Gasteiger partial charge in [-0.05, 0) is 18.2 Å². The Balaban J connectivity index is 2.01. The summed E-state index contributed by atoms with van der Waals surface area (Å²) in [5.41, 5.74) is 3.40. The lowest BCUT2D eigenvalue weighted by Crippen LogP contribution is -2.27. The van der Waals surface area contributed by atoms with Crippen LogP contribution in [0.4, 0.5) is 4.39 Å². The molecule has 1 aromatic carbocycles. The number of carbonyl (C=O) groups is 1. The van der Waals surface area contributed by atoms with E-state index in [1.165, 1.54) is 16.8 Å². The normalized spacial score (nSPS) is 10.6. The van der Waals surface area contributed by atoms with Gasteiger partial charge in [0.25, 0.3) is 0 Å². The number of carbonyl (C=O) groups excluding carboxylic acids is 1. The fourth-order valence-corrected chi connectivity index (χ4v) is 2.23. The zero-order valence-corrected chi connectivity index (χ0v) is 12.5. The molecule has 0 aliphatic rings. The lowest BCUT2D eigenvalue weighted by molar-refractivity contribution is 0.0240. The summed E-state index contributed by atoms with van der Waals surface area (Å²) in [6.45, 7) is 0.0640. The number of benzene rings is 1. The van der Waals surface area contributed by atoms with Gasteiger partial charge in [0.2, 0.25) is 0 Å². The van der Waals surface area contributed by atoms with Gasteiger partial charge in [-0.2, -0.15) is 5.10 Å². The number of hydrogen-bond acceptors (Lipinski definition) is 6. The fourth-order valence-electron chi connectivity index (χ4n) is 2.23. The fraction of sp³-hybridized carbons (Fsp3) is 0.0625. The highest BCUT2D eigenvalue weighted by atomic mass is 19.1. The summed E-state index contributed by atoms with van der Waals surface area (Å²) in [6.07, 6.45) is 1.62. The summed E-state index contributed by atoms with van der Waals surface area (Å²) in [7, 11) is 0. The average Bonchev–Trinajstić information content (AvgIpc) is 3.02. The molecule has 3 rings (SSSR count). The van der Waals surface area contributed by atoms with E-state index in [9.17, 15) is 9.18 Å². The molecule has 0 aliphatic carbocycles. The van der Waals surface area contributed by atoms with Crippen molar-refractivity contribution in [2.45, 2.75) is 6.54 Å². The van der Waals surface area contributed by atoms with Gasteiger partial charge in [0.1, 0.15) is 17.2 Å². The lowest BCUT2D eigenvalue weighted by Gasteiger charge is -2.07. The molecule has 3 N–H and O–H groups in total. The second-order valence-electron chi connectivity index (χ2n) is 4.89. The van der Waals surface area contributed by atoms with Crippen molar-refractivity contribution in [3.63, 3.8) is 0 Å². The Morgan fingerprint density at radius 1 is 1.21 bits per heavy atom. The van der Waals surface area contributed by atoms with Crippen molar-refractivity contribution in [1.82, 2.24) is 20.4 Å². The van der Waals surface area contributed by atoms with E-state index in [1.807, 2.05) is 5.59 Å². The molecule has 0 fully saturated rings. The molecule has 0 bridgehead atoms. The van der Waals surface area contributed by atoms with Crippen LogP contribution in [-0.2, 0) is 11.4 Å². The van der Waals surface area contributed by atoms with E-state index >= 15 is 0 Å². The van der Waals surface area contributed by atoms with Gasteiger partial charge in [-0.25, -0.2) is 15.0 Å². The Bertz CT molecular complexity index is 851. The largest absolute Gasteiger partial charge is 0.376 e. The van der Waals surface area contributed by atoms with Crippen molar-refractivity contribution in [3.8, 4) is 11.4 Å². The van der Waals surface area contributed by atoms with Crippen LogP contribution in [0.2, 0.25) is 0 Å². The summed E-state index contributed by atoms with van der Waals surface area (Å²) in [4.78, 5) is 20.8. The Hall–Kier alpha value is -3.10. The molecule has 0 atom stereocenters. The first-order valence-corrected chi connectivity index (χ1v) is 7.08. The van der Waals surface area contributed by atoms with Crippen LogP contribution in [0.5, 0.6) is 0 Å². The Morgan fingerprint density at radius 3 is 2.71 bits per heavy atom. The maximum atomic E-state index is 13.9. The SMILES string of the molecule is NNOC(=O)c1cc(-c2ccccn2)nn1Cc1ccccc1F. The van der Waals surface area contributed by atoms with E-state index in [-0.39, 0.29) is 18.1 Å². The van der Waals surface area contributed by atoms with Gasteiger partial charge in [0.05, 0.1) is 12.2 Å². The van der Waals surface area contributed by atoms with Gasteiger partial charge in [0, 0.05) is 17.8 Å². The topological polar surface area (TPSA) is 95.1 Å². The van der Waals surface area contributed by atoms with Gasteiger partial charge in [0.15, 0.2) is 0 Å². The molecule has 2 aromatic heterocycles. The Labute approximate surface area is 136 Å². The molecule has 3 aromatic rings. The second-order valence-corrected chi connectivity index (χ2v) is 4.89.